The fourth-order valence-electron chi connectivity index (χ4n) is 0.517. The van der Waals surface area contributed by atoms with Crippen molar-refractivity contribution in [1.82, 2.24) is 0 Å². The normalized spacial score (nSPS) is 10.2. The van der Waals surface area contributed by atoms with E-state index in [-0.39, 0.29) is 5.12 Å². The topological polar surface area (TPSA) is 43.4 Å². The highest BCUT2D eigenvalue weighted by molar-refractivity contribution is 8.14. The van der Waals surface area contributed by atoms with Crippen LogP contribution in [0.1, 0.15) is 13.8 Å². The Morgan fingerprint density at radius 2 is 2.00 bits per heavy atom. The molecule has 0 unspecified atom stereocenters. The zero-order valence-electron chi connectivity index (χ0n) is 7.20. The molecular formula is C8H12O3S. The van der Waals surface area contributed by atoms with Gasteiger partial charge in [-0.05, 0) is 18.8 Å². The first-order valence-corrected chi connectivity index (χ1v) is 4.70. The van der Waals surface area contributed by atoms with E-state index in [4.69, 9.17) is 0 Å². The second kappa shape index (κ2) is 6.91. The van der Waals surface area contributed by atoms with E-state index in [2.05, 4.69) is 4.74 Å². The van der Waals surface area contributed by atoms with Crippen LogP contribution in [0.2, 0.25) is 0 Å². The summed E-state index contributed by atoms with van der Waals surface area (Å²) in [7, 11) is 0. The monoisotopic (exact) mass is 188 g/mol. The Morgan fingerprint density at radius 1 is 1.33 bits per heavy atom. The molecule has 12 heavy (non-hydrogen) atoms. The van der Waals surface area contributed by atoms with Gasteiger partial charge in [0.05, 0.1) is 6.61 Å². The van der Waals surface area contributed by atoms with E-state index < -0.39 is 5.97 Å². The van der Waals surface area contributed by atoms with Gasteiger partial charge >= 0.3 is 5.97 Å². The molecule has 0 saturated heterocycles. The van der Waals surface area contributed by atoms with Gasteiger partial charge in [0.25, 0.3) is 0 Å². The van der Waals surface area contributed by atoms with E-state index in [1.54, 1.807) is 6.92 Å². The van der Waals surface area contributed by atoms with Gasteiger partial charge in [0.2, 0.25) is 5.12 Å². The average molecular weight is 188 g/mol. The number of thioether (sulfide) groups is 1. The molecule has 0 saturated carbocycles. The van der Waals surface area contributed by atoms with Crippen LogP contribution >= 0.6 is 11.8 Å². The first-order chi connectivity index (χ1) is 5.70. The van der Waals surface area contributed by atoms with Crippen molar-refractivity contribution >= 4 is 22.8 Å². The van der Waals surface area contributed by atoms with Crippen LogP contribution in [0.4, 0.5) is 0 Å². The molecule has 0 N–H and O–H groups in total. The highest BCUT2D eigenvalue weighted by atomic mass is 32.2. The van der Waals surface area contributed by atoms with Gasteiger partial charge in [-0.2, -0.15) is 0 Å². The van der Waals surface area contributed by atoms with E-state index in [0.717, 1.165) is 17.8 Å². The van der Waals surface area contributed by atoms with Gasteiger partial charge in [0.15, 0.2) is 0 Å². The van der Waals surface area contributed by atoms with Crippen molar-refractivity contribution in [2.24, 2.45) is 0 Å². The Labute approximate surface area is 76.2 Å². The van der Waals surface area contributed by atoms with Gasteiger partial charge in [-0.1, -0.05) is 18.7 Å². The van der Waals surface area contributed by atoms with Crippen molar-refractivity contribution in [1.29, 1.82) is 0 Å². The number of rotatable bonds is 4. The first kappa shape index (κ1) is 11.2. The van der Waals surface area contributed by atoms with Crippen molar-refractivity contribution in [2.75, 3.05) is 12.4 Å². The van der Waals surface area contributed by atoms with Gasteiger partial charge in [-0.25, -0.2) is 4.79 Å². The van der Waals surface area contributed by atoms with Gasteiger partial charge in [0.1, 0.15) is 0 Å². The summed E-state index contributed by atoms with van der Waals surface area (Å²) in [6, 6.07) is 0. The highest BCUT2D eigenvalue weighted by Crippen LogP contribution is 2.01. The number of hydrogen-bond donors (Lipinski definition) is 0. The molecule has 0 rings (SSSR count). The summed E-state index contributed by atoms with van der Waals surface area (Å²) in [4.78, 5) is 21.5. The fraction of sp³-hybridized carbons (Fsp3) is 0.500. The predicted molar refractivity (Wildman–Crippen MR) is 48.9 cm³/mol. The molecule has 0 bridgehead atoms. The largest absolute Gasteiger partial charge is 0.463 e. The Bertz CT molecular complexity index is 167. The summed E-state index contributed by atoms with van der Waals surface area (Å²) >= 11 is 1.16. The third-order valence-corrected chi connectivity index (χ3v) is 1.64. The van der Waals surface area contributed by atoms with E-state index in [0.29, 0.717) is 12.4 Å². The molecule has 0 aliphatic carbocycles. The molecule has 0 spiro atoms. The number of hydrogen-bond acceptors (Lipinski definition) is 4. The van der Waals surface area contributed by atoms with Crippen LogP contribution in [0.15, 0.2) is 12.2 Å². The molecule has 0 atom stereocenters. The molecule has 0 aromatic rings. The SMILES string of the molecule is CCOC(=O)C=CC(=O)SCC. The van der Waals surface area contributed by atoms with Crippen LogP contribution in [0.5, 0.6) is 0 Å². The lowest BCUT2D eigenvalue weighted by Crippen LogP contribution is -2.00. The van der Waals surface area contributed by atoms with Crippen LogP contribution in [0.3, 0.4) is 0 Å². The Morgan fingerprint density at radius 3 is 2.50 bits per heavy atom. The predicted octanol–water partition coefficient (Wildman–Crippen LogP) is 1.39. The van der Waals surface area contributed by atoms with Crippen LogP contribution < -0.4 is 0 Å². The molecule has 3 nitrogen and oxygen atoms in total. The summed E-state index contributed by atoms with van der Waals surface area (Å²) in [5.41, 5.74) is 0. The molecule has 0 aromatic carbocycles. The van der Waals surface area contributed by atoms with Crippen molar-refractivity contribution in [3.8, 4) is 0 Å². The van der Waals surface area contributed by atoms with Gasteiger partial charge in [0, 0.05) is 6.08 Å². The zero-order valence-corrected chi connectivity index (χ0v) is 8.02. The zero-order chi connectivity index (χ0) is 9.40. The van der Waals surface area contributed by atoms with Crippen LogP contribution in [-0.4, -0.2) is 23.4 Å². The molecule has 4 heteroatoms. The maximum Gasteiger partial charge on any atom is 0.330 e. The van der Waals surface area contributed by atoms with Crippen molar-refractivity contribution in [3.05, 3.63) is 12.2 Å². The van der Waals surface area contributed by atoms with Crippen LogP contribution in [0.25, 0.3) is 0 Å². The Hall–Kier alpha value is -0.770. The van der Waals surface area contributed by atoms with Crippen molar-refractivity contribution in [2.45, 2.75) is 13.8 Å². The Balaban J connectivity index is 3.73. The van der Waals surface area contributed by atoms with Gasteiger partial charge < -0.3 is 4.74 Å². The van der Waals surface area contributed by atoms with Crippen molar-refractivity contribution < 1.29 is 14.3 Å². The van der Waals surface area contributed by atoms with E-state index in [1.165, 1.54) is 6.08 Å². The number of esters is 1. The second-order valence-corrected chi connectivity index (χ2v) is 3.11. The maximum atomic E-state index is 10.8. The van der Waals surface area contributed by atoms with Crippen LogP contribution in [0, 0.1) is 0 Å². The third kappa shape index (κ3) is 5.97. The van der Waals surface area contributed by atoms with Crippen LogP contribution in [-0.2, 0) is 14.3 Å². The molecule has 0 amide bonds. The maximum absolute atomic E-state index is 10.8. The number of carbonyl (C=O) groups is 2. The molecule has 68 valence electrons. The minimum Gasteiger partial charge on any atom is -0.463 e. The third-order valence-electron chi connectivity index (χ3n) is 0.929. The summed E-state index contributed by atoms with van der Waals surface area (Å²) in [6.45, 7) is 3.92. The summed E-state index contributed by atoms with van der Waals surface area (Å²) in [6.07, 6.45) is 2.38. The minimum atomic E-state index is -0.470. The highest BCUT2D eigenvalue weighted by Gasteiger charge is 1.97. The molecule has 0 fully saturated rings. The molecule has 0 heterocycles. The molecule has 0 aliphatic heterocycles. The summed E-state index contributed by atoms with van der Waals surface area (Å²) < 4.78 is 4.58. The minimum absolute atomic E-state index is 0.120. The van der Waals surface area contributed by atoms with E-state index >= 15 is 0 Å². The van der Waals surface area contributed by atoms with E-state index in [9.17, 15) is 9.59 Å². The average Bonchev–Trinajstić information content (AvgIpc) is 2.02. The Kier molecular flexibility index (Phi) is 6.47. The lowest BCUT2D eigenvalue weighted by molar-refractivity contribution is -0.137. The number of ether oxygens (including phenoxy) is 1. The summed E-state index contributed by atoms with van der Waals surface area (Å²) in [5, 5.41) is -0.120. The van der Waals surface area contributed by atoms with E-state index in [1.807, 2.05) is 6.92 Å². The quantitative estimate of drug-likeness (QED) is 0.494. The molecule has 0 radical (unpaired) electrons. The second-order valence-electron chi connectivity index (χ2n) is 1.84. The van der Waals surface area contributed by atoms with Crippen molar-refractivity contribution in [3.63, 3.8) is 0 Å². The lowest BCUT2D eigenvalue weighted by atomic mass is 10.5. The first-order valence-electron chi connectivity index (χ1n) is 3.72. The smallest absolute Gasteiger partial charge is 0.330 e. The van der Waals surface area contributed by atoms with Gasteiger partial charge in [-0.3, -0.25) is 4.79 Å². The lowest BCUT2D eigenvalue weighted by Gasteiger charge is -1.93. The standard InChI is InChI=1S/C8H12O3S/c1-3-11-7(9)5-6-8(10)12-4-2/h5-6H,3-4H2,1-2H3. The summed E-state index contributed by atoms with van der Waals surface area (Å²) in [5.74, 6) is 0.244. The van der Waals surface area contributed by atoms with Gasteiger partial charge in [-0.15, -0.1) is 0 Å². The molecule has 0 aliphatic rings. The fourth-order valence-corrected chi connectivity index (χ4v) is 0.966. The number of carbonyl (C=O) groups excluding carboxylic acids is 2. The molecule has 0 aromatic heterocycles. The molecular weight excluding hydrogens is 176 g/mol.